The molecule has 4 amide bonds. The summed E-state index contributed by atoms with van der Waals surface area (Å²) >= 11 is 0. The molecule has 0 saturated carbocycles. The first kappa shape index (κ1) is 23.8. The van der Waals surface area contributed by atoms with Crippen molar-refractivity contribution in [1.82, 2.24) is 5.32 Å². The van der Waals surface area contributed by atoms with Gasteiger partial charge in [0.15, 0.2) is 0 Å². The average Bonchev–Trinajstić information content (AvgIpc) is 2.83. The van der Waals surface area contributed by atoms with Crippen LogP contribution in [0.3, 0.4) is 0 Å². The van der Waals surface area contributed by atoms with Crippen LogP contribution in [0, 0.1) is 6.92 Å². The van der Waals surface area contributed by atoms with E-state index in [1.807, 2.05) is 45.0 Å². The maximum Gasteiger partial charge on any atom is 0.335 e. The predicted octanol–water partition coefficient (Wildman–Crippen LogP) is 5.03. The Kier molecular flexibility index (Phi) is 6.96. The number of hydrogen-bond acceptors (Lipinski definition) is 5. The van der Waals surface area contributed by atoms with Crippen molar-refractivity contribution in [2.45, 2.75) is 33.5 Å². The van der Waals surface area contributed by atoms with Crippen LogP contribution in [-0.4, -0.2) is 23.9 Å². The minimum absolute atomic E-state index is 0.0314. The van der Waals surface area contributed by atoms with Crippen LogP contribution in [0.1, 0.15) is 30.5 Å². The normalized spacial score (nSPS) is 14.9. The topological polar surface area (TPSA) is 84.9 Å². The molecule has 0 aromatic heterocycles. The summed E-state index contributed by atoms with van der Waals surface area (Å²) in [5.41, 5.74) is 3.03. The average molecular weight is 471 g/mol. The molecule has 0 radical (unpaired) electrons. The van der Waals surface area contributed by atoms with Gasteiger partial charge in [0.2, 0.25) is 0 Å². The molecule has 7 nitrogen and oxygen atoms in total. The van der Waals surface area contributed by atoms with Gasteiger partial charge in [0.1, 0.15) is 23.7 Å². The van der Waals surface area contributed by atoms with E-state index >= 15 is 0 Å². The van der Waals surface area contributed by atoms with E-state index in [1.165, 1.54) is 11.6 Å². The Labute approximate surface area is 204 Å². The van der Waals surface area contributed by atoms with E-state index in [1.54, 1.807) is 48.5 Å². The third-order valence-electron chi connectivity index (χ3n) is 5.29. The number of amides is 4. The SMILES string of the molecule is Cc1ccc(COc2ccc(N3C(=O)NC(=O)/C(=C\c4ccc(OC(C)C)cc4)C3=O)cc2)cc1. The van der Waals surface area contributed by atoms with Gasteiger partial charge in [-0.25, -0.2) is 9.69 Å². The van der Waals surface area contributed by atoms with Gasteiger partial charge in [-0.15, -0.1) is 0 Å². The van der Waals surface area contributed by atoms with Crippen molar-refractivity contribution in [1.29, 1.82) is 0 Å². The fourth-order valence-electron chi connectivity index (χ4n) is 3.52. The van der Waals surface area contributed by atoms with Gasteiger partial charge in [0.25, 0.3) is 11.8 Å². The number of aryl methyl sites for hydroxylation is 1. The van der Waals surface area contributed by atoms with Crippen molar-refractivity contribution in [2.24, 2.45) is 0 Å². The van der Waals surface area contributed by atoms with Crippen LogP contribution in [0.25, 0.3) is 6.08 Å². The standard InChI is InChI=1S/C28H26N2O5/c1-18(2)35-24-12-8-20(9-13-24)16-25-26(31)29-28(33)30(27(25)32)22-10-14-23(15-11-22)34-17-21-6-4-19(3)5-7-21/h4-16,18H,17H2,1-3H3,(H,29,31,33)/b25-16+. The molecule has 4 rings (SSSR count). The molecule has 1 saturated heterocycles. The monoisotopic (exact) mass is 470 g/mol. The molecule has 0 bridgehead atoms. The number of carbonyl (C=O) groups excluding carboxylic acids is 3. The molecule has 35 heavy (non-hydrogen) atoms. The Hall–Kier alpha value is -4.39. The lowest BCUT2D eigenvalue weighted by atomic mass is 10.1. The summed E-state index contributed by atoms with van der Waals surface area (Å²) in [5.74, 6) is -0.163. The highest BCUT2D eigenvalue weighted by Gasteiger charge is 2.36. The van der Waals surface area contributed by atoms with Gasteiger partial charge in [-0.05, 0) is 74.4 Å². The van der Waals surface area contributed by atoms with Gasteiger partial charge in [0.05, 0.1) is 11.8 Å². The highest BCUT2D eigenvalue weighted by Crippen LogP contribution is 2.25. The molecule has 7 heteroatoms. The Morgan fingerprint density at radius 1 is 0.857 bits per heavy atom. The van der Waals surface area contributed by atoms with Crippen LogP contribution in [0.5, 0.6) is 11.5 Å². The lowest BCUT2D eigenvalue weighted by Gasteiger charge is -2.26. The lowest BCUT2D eigenvalue weighted by molar-refractivity contribution is -0.122. The minimum atomic E-state index is -0.800. The van der Waals surface area contributed by atoms with E-state index in [-0.39, 0.29) is 11.7 Å². The first-order valence-corrected chi connectivity index (χ1v) is 11.3. The van der Waals surface area contributed by atoms with Gasteiger partial charge in [-0.1, -0.05) is 42.0 Å². The molecule has 1 N–H and O–H groups in total. The summed E-state index contributed by atoms with van der Waals surface area (Å²) < 4.78 is 11.4. The number of benzene rings is 3. The second kappa shape index (κ2) is 10.3. The summed E-state index contributed by atoms with van der Waals surface area (Å²) in [7, 11) is 0. The number of carbonyl (C=O) groups is 3. The van der Waals surface area contributed by atoms with Crippen LogP contribution in [0.2, 0.25) is 0 Å². The zero-order valence-corrected chi connectivity index (χ0v) is 19.8. The highest BCUT2D eigenvalue weighted by molar-refractivity contribution is 6.39. The highest BCUT2D eigenvalue weighted by atomic mass is 16.5. The van der Waals surface area contributed by atoms with E-state index in [9.17, 15) is 14.4 Å². The first-order chi connectivity index (χ1) is 16.8. The van der Waals surface area contributed by atoms with E-state index in [0.29, 0.717) is 29.4 Å². The number of barbiturate groups is 1. The fourth-order valence-corrected chi connectivity index (χ4v) is 3.52. The Balaban J connectivity index is 1.49. The summed E-state index contributed by atoms with van der Waals surface area (Å²) in [4.78, 5) is 38.9. The fraction of sp³-hybridized carbons (Fsp3) is 0.179. The summed E-state index contributed by atoms with van der Waals surface area (Å²) in [6, 6.07) is 20.8. The molecule has 3 aromatic carbocycles. The minimum Gasteiger partial charge on any atom is -0.491 e. The molecule has 1 heterocycles. The molecule has 1 fully saturated rings. The Bertz CT molecular complexity index is 1260. The van der Waals surface area contributed by atoms with Crippen molar-refractivity contribution < 1.29 is 23.9 Å². The second-order valence-electron chi connectivity index (χ2n) is 8.46. The number of ether oxygens (including phenoxy) is 2. The number of anilines is 1. The summed E-state index contributed by atoms with van der Waals surface area (Å²) in [6.45, 7) is 6.27. The number of rotatable bonds is 7. The number of nitrogens with zero attached hydrogens (tertiary/aromatic N) is 1. The smallest absolute Gasteiger partial charge is 0.335 e. The largest absolute Gasteiger partial charge is 0.491 e. The van der Waals surface area contributed by atoms with Crippen LogP contribution in [-0.2, 0) is 16.2 Å². The molecule has 1 aliphatic heterocycles. The molecule has 0 unspecified atom stereocenters. The molecule has 3 aromatic rings. The molecule has 1 aliphatic rings. The quantitative estimate of drug-likeness (QED) is 0.387. The molecule has 0 spiro atoms. The van der Waals surface area contributed by atoms with Gasteiger partial charge in [0, 0.05) is 0 Å². The zero-order valence-electron chi connectivity index (χ0n) is 19.8. The van der Waals surface area contributed by atoms with Crippen molar-refractivity contribution in [3.05, 3.63) is 95.1 Å². The van der Waals surface area contributed by atoms with E-state index in [4.69, 9.17) is 9.47 Å². The van der Waals surface area contributed by atoms with Crippen LogP contribution < -0.4 is 19.7 Å². The molecule has 178 valence electrons. The summed E-state index contributed by atoms with van der Waals surface area (Å²) in [6.07, 6.45) is 1.49. The van der Waals surface area contributed by atoms with Gasteiger partial charge in [-0.3, -0.25) is 14.9 Å². The zero-order chi connectivity index (χ0) is 24.9. The van der Waals surface area contributed by atoms with Crippen LogP contribution in [0.4, 0.5) is 10.5 Å². The molecular formula is C28H26N2O5. The predicted molar refractivity (Wildman–Crippen MR) is 133 cm³/mol. The summed E-state index contributed by atoms with van der Waals surface area (Å²) in [5, 5.41) is 2.23. The first-order valence-electron chi connectivity index (χ1n) is 11.3. The Morgan fingerprint density at radius 2 is 1.49 bits per heavy atom. The van der Waals surface area contributed by atoms with E-state index < -0.39 is 17.8 Å². The van der Waals surface area contributed by atoms with Gasteiger partial charge >= 0.3 is 6.03 Å². The maximum absolute atomic E-state index is 13.1. The maximum atomic E-state index is 13.1. The van der Waals surface area contributed by atoms with Crippen molar-refractivity contribution in [3.63, 3.8) is 0 Å². The Morgan fingerprint density at radius 3 is 2.11 bits per heavy atom. The third-order valence-corrected chi connectivity index (χ3v) is 5.29. The molecular weight excluding hydrogens is 444 g/mol. The number of nitrogens with one attached hydrogen (secondary N) is 1. The van der Waals surface area contributed by atoms with Crippen molar-refractivity contribution in [2.75, 3.05) is 4.90 Å². The van der Waals surface area contributed by atoms with Gasteiger partial charge in [-0.2, -0.15) is 0 Å². The molecule has 0 atom stereocenters. The second-order valence-corrected chi connectivity index (χ2v) is 8.46. The number of urea groups is 1. The van der Waals surface area contributed by atoms with Crippen LogP contribution in [0.15, 0.2) is 78.4 Å². The van der Waals surface area contributed by atoms with Crippen LogP contribution >= 0.6 is 0 Å². The number of imide groups is 2. The number of hydrogen-bond donors (Lipinski definition) is 1. The van der Waals surface area contributed by atoms with Crippen molar-refractivity contribution in [3.8, 4) is 11.5 Å². The van der Waals surface area contributed by atoms with Crippen molar-refractivity contribution >= 4 is 29.6 Å². The van der Waals surface area contributed by atoms with E-state index in [0.717, 1.165) is 10.5 Å². The molecule has 0 aliphatic carbocycles. The third kappa shape index (κ3) is 5.76. The lowest BCUT2D eigenvalue weighted by Crippen LogP contribution is -2.54. The van der Waals surface area contributed by atoms with E-state index in [2.05, 4.69) is 5.32 Å². The van der Waals surface area contributed by atoms with Gasteiger partial charge < -0.3 is 9.47 Å².